The average molecular weight is 474 g/mol. The second kappa shape index (κ2) is 10.8. The monoisotopic (exact) mass is 473 g/mol. The number of piperidine rings is 1. The highest BCUT2D eigenvalue weighted by molar-refractivity contribution is 5.84. The maximum absolute atomic E-state index is 9.07. The minimum atomic E-state index is 0.493. The summed E-state index contributed by atoms with van der Waals surface area (Å²) in [6, 6.07) is 12.1. The molecule has 1 aromatic carbocycles. The first-order chi connectivity index (χ1) is 17.1. The lowest BCUT2D eigenvalue weighted by atomic mass is 9.91. The van der Waals surface area contributed by atoms with Gasteiger partial charge in [0.05, 0.1) is 23.6 Å². The Labute approximate surface area is 207 Å². The van der Waals surface area contributed by atoms with Crippen molar-refractivity contribution in [1.29, 1.82) is 5.26 Å². The number of aromatic nitrogens is 2. The molecule has 0 N–H and O–H groups in total. The molecule has 184 valence electrons. The first-order valence-electron chi connectivity index (χ1n) is 12.8. The van der Waals surface area contributed by atoms with Crippen LogP contribution in [0.2, 0.25) is 0 Å². The van der Waals surface area contributed by atoms with Gasteiger partial charge in [-0.3, -0.25) is 4.90 Å². The van der Waals surface area contributed by atoms with Gasteiger partial charge >= 0.3 is 0 Å². The quantitative estimate of drug-likeness (QED) is 0.419. The molecule has 0 bridgehead atoms. The Morgan fingerprint density at radius 2 is 1.94 bits per heavy atom. The predicted molar refractivity (Wildman–Crippen MR) is 135 cm³/mol. The van der Waals surface area contributed by atoms with Crippen LogP contribution in [0.5, 0.6) is 5.75 Å². The summed E-state index contributed by atoms with van der Waals surface area (Å²) in [4.78, 5) is 9.02. The van der Waals surface area contributed by atoms with Crippen LogP contribution >= 0.6 is 0 Å². The van der Waals surface area contributed by atoms with Crippen LogP contribution in [0.15, 0.2) is 34.9 Å². The molecule has 1 aliphatic heterocycles. The first kappa shape index (κ1) is 23.8. The van der Waals surface area contributed by atoms with Gasteiger partial charge in [0.25, 0.3) is 0 Å². The van der Waals surface area contributed by atoms with Crippen molar-refractivity contribution in [3.8, 4) is 11.8 Å². The number of rotatable bonds is 10. The molecule has 2 aliphatic rings. The molecule has 2 fully saturated rings. The van der Waals surface area contributed by atoms with Gasteiger partial charge in [-0.1, -0.05) is 11.2 Å². The second-order valence-electron chi connectivity index (χ2n) is 10.4. The van der Waals surface area contributed by atoms with Gasteiger partial charge in [-0.25, -0.2) is 4.98 Å². The largest absolute Gasteiger partial charge is 0.493 e. The third-order valence-corrected chi connectivity index (χ3v) is 7.22. The van der Waals surface area contributed by atoms with Crippen LogP contribution in [0.25, 0.3) is 11.0 Å². The summed E-state index contributed by atoms with van der Waals surface area (Å²) in [7, 11) is 4.15. The fourth-order valence-electron chi connectivity index (χ4n) is 5.00. The van der Waals surface area contributed by atoms with Crippen molar-refractivity contribution in [3.63, 3.8) is 0 Å². The number of pyridine rings is 1. The summed E-state index contributed by atoms with van der Waals surface area (Å²) >= 11 is 0. The van der Waals surface area contributed by atoms with Crippen LogP contribution in [0.1, 0.15) is 54.7 Å². The third-order valence-electron chi connectivity index (χ3n) is 7.22. The van der Waals surface area contributed by atoms with Gasteiger partial charge in [0.15, 0.2) is 5.58 Å². The van der Waals surface area contributed by atoms with E-state index in [0.717, 1.165) is 79.3 Å². The first-order valence-corrected chi connectivity index (χ1v) is 12.8. The molecule has 0 atom stereocenters. The smallest absolute Gasteiger partial charge is 0.175 e. The van der Waals surface area contributed by atoms with E-state index in [9.17, 15) is 0 Å². The van der Waals surface area contributed by atoms with Gasteiger partial charge < -0.3 is 14.2 Å². The van der Waals surface area contributed by atoms with E-state index >= 15 is 0 Å². The number of likely N-dealkylation sites (tertiary alicyclic amines) is 1. The molecule has 1 saturated carbocycles. The molecule has 0 spiro atoms. The molecule has 7 heteroatoms. The zero-order valence-electron chi connectivity index (χ0n) is 20.9. The summed E-state index contributed by atoms with van der Waals surface area (Å²) < 4.78 is 12.1. The Bertz CT molecular complexity index is 1190. The second-order valence-corrected chi connectivity index (χ2v) is 10.4. The fourth-order valence-corrected chi connectivity index (χ4v) is 5.00. The van der Waals surface area contributed by atoms with Crippen molar-refractivity contribution in [2.45, 2.75) is 51.6 Å². The molecule has 3 heterocycles. The number of aryl methyl sites for hydroxylation is 1. The zero-order chi connectivity index (χ0) is 24.2. The van der Waals surface area contributed by atoms with Crippen molar-refractivity contribution in [1.82, 2.24) is 19.9 Å². The van der Waals surface area contributed by atoms with Gasteiger partial charge in [0.1, 0.15) is 17.5 Å². The fraction of sp³-hybridized carbons (Fsp3) is 0.536. The van der Waals surface area contributed by atoms with Crippen LogP contribution in [0.3, 0.4) is 0 Å². The lowest BCUT2D eigenvalue weighted by molar-refractivity contribution is 0.170. The van der Waals surface area contributed by atoms with E-state index in [1.165, 1.54) is 25.7 Å². The maximum Gasteiger partial charge on any atom is 0.175 e. The lowest BCUT2D eigenvalue weighted by Crippen LogP contribution is -2.33. The number of benzene rings is 1. The van der Waals surface area contributed by atoms with Gasteiger partial charge in [-0.2, -0.15) is 5.26 Å². The number of nitriles is 1. The van der Waals surface area contributed by atoms with Crippen LogP contribution in [-0.2, 0) is 19.5 Å². The normalized spacial score (nSPS) is 17.2. The number of hydrogen-bond acceptors (Lipinski definition) is 7. The molecule has 0 amide bonds. The molecule has 3 aromatic rings. The minimum absolute atomic E-state index is 0.493. The molecule has 1 aliphatic carbocycles. The summed E-state index contributed by atoms with van der Waals surface area (Å²) in [5.41, 5.74) is 4.52. The highest BCUT2D eigenvalue weighted by Gasteiger charge is 2.25. The molecule has 5 rings (SSSR count). The SMILES string of the molecule is CN(C)Cc1c(OCC2CC2)ccc2c(CCC3CCN(Cc4cccc(C#N)n4)CC3)noc12. The minimum Gasteiger partial charge on any atom is -0.493 e. The van der Waals surface area contributed by atoms with Crippen LogP contribution in [-0.4, -0.2) is 53.7 Å². The van der Waals surface area contributed by atoms with Crippen molar-refractivity contribution >= 4 is 11.0 Å². The van der Waals surface area contributed by atoms with Crippen molar-refractivity contribution < 1.29 is 9.26 Å². The van der Waals surface area contributed by atoms with E-state index in [0.29, 0.717) is 17.5 Å². The molecule has 7 nitrogen and oxygen atoms in total. The van der Waals surface area contributed by atoms with E-state index < -0.39 is 0 Å². The molecular weight excluding hydrogens is 438 g/mol. The molecule has 1 saturated heterocycles. The standard InChI is InChI=1S/C28H35N5O2/c1-32(2)18-25-27(34-19-21-6-7-21)11-9-24-26(31-35-28(24)25)10-8-20-12-14-33(15-13-20)17-23-5-3-4-22(16-29)30-23/h3-5,9,11,20-21H,6-8,10,12-15,17-19H2,1-2H3. The number of ether oxygens (including phenoxy) is 1. The van der Waals surface area contributed by atoms with Gasteiger partial charge in [0.2, 0.25) is 0 Å². The van der Waals surface area contributed by atoms with Gasteiger partial charge in [0, 0.05) is 18.5 Å². The Balaban J connectivity index is 1.18. The zero-order valence-corrected chi connectivity index (χ0v) is 20.9. The van der Waals surface area contributed by atoms with E-state index in [2.05, 4.69) is 52.2 Å². The van der Waals surface area contributed by atoms with E-state index in [4.69, 9.17) is 14.5 Å². The third kappa shape index (κ3) is 6.01. The summed E-state index contributed by atoms with van der Waals surface area (Å²) in [6.07, 6.45) is 6.98. The number of nitrogens with zero attached hydrogens (tertiary/aromatic N) is 5. The van der Waals surface area contributed by atoms with Crippen LogP contribution in [0.4, 0.5) is 0 Å². The van der Waals surface area contributed by atoms with Crippen LogP contribution in [0, 0.1) is 23.2 Å². The van der Waals surface area contributed by atoms with Gasteiger partial charge in [-0.15, -0.1) is 0 Å². The summed E-state index contributed by atoms with van der Waals surface area (Å²) in [5, 5.41) is 14.7. The van der Waals surface area contributed by atoms with E-state index in [-0.39, 0.29) is 0 Å². The van der Waals surface area contributed by atoms with Gasteiger partial charge in [-0.05, 0) is 102 Å². The Kier molecular flexibility index (Phi) is 7.31. The maximum atomic E-state index is 9.07. The Morgan fingerprint density at radius 3 is 2.69 bits per heavy atom. The van der Waals surface area contributed by atoms with Crippen molar-refractivity contribution in [3.05, 3.63) is 53.0 Å². The number of hydrogen-bond donors (Lipinski definition) is 0. The lowest BCUT2D eigenvalue weighted by Gasteiger charge is -2.31. The Morgan fingerprint density at radius 1 is 1.11 bits per heavy atom. The predicted octanol–water partition coefficient (Wildman–Crippen LogP) is 4.79. The number of fused-ring (bicyclic) bond motifs is 1. The summed E-state index contributed by atoms with van der Waals surface area (Å²) in [5.74, 6) is 2.34. The highest BCUT2D eigenvalue weighted by Crippen LogP contribution is 2.35. The molecule has 0 radical (unpaired) electrons. The average Bonchev–Trinajstić information content (AvgIpc) is 3.60. The van der Waals surface area contributed by atoms with E-state index in [1.54, 1.807) is 6.07 Å². The molecule has 0 unspecified atom stereocenters. The molecule has 35 heavy (non-hydrogen) atoms. The molecule has 2 aromatic heterocycles. The summed E-state index contributed by atoms with van der Waals surface area (Å²) in [6.45, 7) is 4.52. The van der Waals surface area contributed by atoms with Crippen LogP contribution < -0.4 is 4.74 Å². The Hall–Kier alpha value is -2.95. The highest BCUT2D eigenvalue weighted by atomic mass is 16.5. The van der Waals surface area contributed by atoms with Crippen molar-refractivity contribution in [2.75, 3.05) is 33.8 Å². The van der Waals surface area contributed by atoms with E-state index in [1.807, 2.05) is 12.1 Å². The molecular formula is C28H35N5O2. The van der Waals surface area contributed by atoms with Crippen molar-refractivity contribution in [2.24, 2.45) is 11.8 Å². The topological polar surface area (TPSA) is 78.4 Å².